The number of rotatable bonds is 2. The molecule has 3 heteroatoms. The number of likely N-dealkylation sites (tertiary alicyclic amines) is 1. The lowest BCUT2D eigenvalue weighted by Gasteiger charge is -2.23. The Bertz CT molecular complexity index is 273. The molecule has 1 N–H and O–H groups in total. The van der Waals surface area contributed by atoms with Gasteiger partial charge in [-0.15, -0.1) is 6.42 Å². The fraction of sp³-hybridized carbons (Fsp3) is 0.750. The highest BCUT2D eigenvalue weighted by atomic mass is 15.3. The van der Waals surface area contributed by atoms with Crippen molar-refractivity contribution in [2.24, 2.45) is 10.4 Å². The predicted octanol–water partition coefficient (Wildman–Crippen LogP) is 1.32. The van der Waals surface area contributed by atoms with Crippen molar-refractivity contribution in [2.75, 3.05) is 26.2 Å². The van der Waals surface area contributed by atoms with Gasteiger partial charge in [0.2, 0.25) is 0 Å². The van der Waals surface area contributed by atoms with E-state index in [1.54, 1.807) is 0 Å². The van der Waals surface area contributed by atoms with E-state index >= 15 is 0 Å². The van der Waals surface area contributed by atoms with Crippen molar-refractivity contribution in [3.63, 3.8) is 0 Å². The molecule has 0 aromatic heterocycles. The van der Waals surface area contributed by atoms with Crippen molar-refractivity contribution in [2.45, 2.75) is 27.2 Å². The van der Waals surface area contributed by atoms with Crippen LogP contribution in [0, 0.1) is 17.8 Å². The second-order valence-corrected chi connectivity index (χ2v) is 4.71. The van der Waals surface area contributed by atoms with Gasteiger partial charge in [0.05, 0.1) is 0 Å². The summed E-state index contributed by atoms with van der Waals surface area (Å²) in [6, 6.07) is 0. The maximum atomic E-state index is 5.22. The molecule has 1 saturated heterocycles. The molecule has 84 valence electrons. The normalized spacial score (nSPS) is 20.1. The maximum absolute atomic E-state index is 5.22. The van der Waals surface area contributed by atoms with Gasteiger partial charge in [-0.2, -0.15) is 0 Å². The summed E-state index contributed by atoms with van der Waals surface area (Å²) in [5, 5.41) is 3.28. The summed E-state index contributed by atoms with van der Waals surface area (Å²) in [5.41, 5.74) is 0.395. The van der Waals surface area contributed by atoms with Gasteiger partial charge in [-0.3, -0.25) is 0 Å². The van der Waals surface area contributed by atoms with Gasteiger partial charge in [-0.25, -0.2) is 4.99 Å². The molecule has 0 bridgehead atoms. The van der Waals surface area contributed by atoms with Gasteiger partial charge in [0.25, 0.3) is 0 Å². The zero-order valence-corrected chi connectivity index (χ0v) is 10.0. The zero-order chi connectivity index (χ0) is 11.3. The third-order valence-electron chi connectivity index (χ3n) is 2.63. The molecule has 0 unspecified atom stereocenters. The molecule has 1 aliphatic heterocycles. The minimum atomic E-state index is 0.395. The predicted molar refractivity (Wildman–Crippen MR) is 64.8 cm³/mol. The van der Waals surface area contributed by atoms with E-state index in [1.165, 1.54) is 6.42 Å². The summed E-state index contributed by atoms with van der Waals surface area (Å²) in [5.74, 6) is 3.51. The molecule has 1 aliphatic rings. The summed E-state index contributed by atoms with van der Waals surface area (Å²) in [6.45, 7) is 10.1. The molecule has 0 saturated carbocycles. The molecule has 0 atom stereocenters. The van der Waals surface area contributed by atoms with Crippen molar-refractivity contribution >= 4 is 5.96 Å². The summed E-state index contributed by atoms with van der Waals surface area (Å²) in [6.07, 6.45) is 6.44. The SMILES string of the molecule is C#CCN=C(NCC)N1CCC(C)(C)C1. The Hall–Kier alpha value is -1.17. The van der Waals surface area contributed by atoms with Gasteiger partial charge >= 0.3 is 0 Å². The zero-order valence-electron chi connectivity index (χ0n) is 10.0. The highest BCUT2D eigenvalue weighted by Crippen LogP contribution is 2.28. The first-order valence-electron chi connectivity index (χ1n) is 5.56. The van der Waals surface area contributed by atoms with Crippen LogP contribution in [0.25, 0.3) is 0 Å². The molecule has 0 spiro atoms. The smallest absolute Gasteiger partial charge is 0.194 e. The first kappa shape index (κ1) is 11.9. The number of nitrogens with zero attached hydrogens (tertiary/aromatic N) is 2. The van der Waals surface area contributed by atoms with Crippen molar-refractivity contribution in [1.29, 1.82) is 0 Å². The third-order valence-corrected chi connectivity index (χ3v) is 2.63. The fourth-order valence-corrected chi connectivity index (χ4v) is 1.84. The second-order valence-electron chi connectivity index (χ2n) is 4.71. The first-order chi connectivity index (χ1) is 7.09. The Morgan fingerprint density at radius 2 is 2.33 bits per heavy atom. The van der Waals surface area contributed by atoms with Crippen LogP contribution >= 0.6 is 0 Å². The monoisotopic (exact) mass is 207 g/mol. The van der Waals surface area contributed by atoms with E-state index in [1.807, 2.05) is 0 Å². The van der Waals surface area contributed by atoms with Crippen molar-refractivity contribution < 1.29 is 0 Å². The van der Waals surface area contributed by atoms with E-state index < -0.39 is 0 Å². The van der Waals surface area contributed by atoms with E-state index in [9.17, 15) is 0 Å². The van der Waals surface area contributed by atoms with Crippen LogP contribution in [-0.2, 0) is 0 Å². The first-order valence-corrected chi connectivity index (χ1v) is 5.56. The standard InChI is InChI=1S/C12H21N3/c1-5-8-14-11(13-6-2)15-9-7-12(3,4)10-15/h1H,6-10H2,2-4H3,(H,13,14). The van der Waals surface area contributed by atoms with E-state index in [0.717, 1.165) is 25.6 Å². The fourth-order valence-electron chi connectivity index (χ4n) is 1.84. The molecule has 15 heavy (non-hydrogen) atoms. The average Bonchev–Trinajstić information content (AvgIpc) is 2.53. The van der Waals surface area contributed by atoms with E-state index in [0.29, 0.717) is 12.0 Å². The summed E-state index contributed by atoms with van der Waals surface area (Å²) in [7, 11) is 0. The van der Waals surface area contributed by atoms with E-state index in [4.69, 9.17) is 6.42 Å². The molecule has 3 nitrogen and oxygen atoms in total. The molecule has 0 radical (unpaired) electrons. The number of hydrogen-bond acceptors (Lipinski definition) is 1. The molecule has 0 aromatic carbocycles. The molecular weight excluding hydrogens is 186 g/mol. The highest BCUT2D eigenvalue weighted by Gasteiger charge is 2.30. The Labute approximate surface area is 93.0 Å². The van der Waals surface area contributed by atoms with Gasteiger partial charge in [0, 0.05) is 19.6 Å². The lowest BCUT2D eigenvalue weighted by atomic mass is 9.93. The average molecular weight is 207 g/mol. The van der Waals surface area contributed by atoms with Crippen LogP contribution < -0.4 is 5.32 Å². The highest BCUT2D eigenvalue weighted by molar-refractivity contribution is 5.80. The largest absolute Gasteiger partial charge is 0.356 e. The van der Waals surface area contributed by atoms with Crippen LogP contribution in [0.5, 0.6) is 0 Å². The lowest BCUT2D eigenvalue weighted by molar-refractivity contribution is 0.370. The van der Waals surface area contributed by atoms with Gasteiger partial charge < -0.3 is 10.2 Å². The maximum Gasteiger partial charge on any atom is 0.194 e. The van der Waals surface area contributed by atoms with Gasteiger partial charge in [-0.05, 0) is 18.8 Å². The van der Waals surface area contributed by atoms with Crippen LogP contribution in [0.2, 0.25) is 0 Å². The van der Waals surface area contributed by atoms with E-state index in [2.05, 4.69) is 41.9 Å². The number of guanidine groups is 1. The third kappa shape index (κ3) is 3.47. The summed E-state index contributed by atoms with van der Waals surface area (Å²) < 4.78 is 0. The molecule has 0 aromatic rings. The van der Waals surface area contributed by atoms with Crippen LogP contribution in [0.4, 0.5) is 0 Å². The van der Waals surface area contributed by atoms with Crippen LogP contribution in [0.3, 0.4) is 0 Å². The van der Waals surface area contributed by atoms with Crippen LogP contribution in [0.15, 0.2) is 4.99 Å². The molecular formula is C12H21N3. The minimum Gasteiger partial charge on any atom is -0.356 e. The van der Waals surface area contributed by atoms with Crippen LogP contribution in [0.1, 0.15) is 27.2 Å². The number of aliphatic imine (C=N–C) groups is 1. The Kier molecular flexibility index (Phi) is 4.02. The lowest BCUT2D eigenvalue weighted by Crippen LogP contribution is -2.40. The molecule has 1 heterocycles. The van der Waals surface area contributed by atoms with Gasteiger partial charge in [0.1, 0.15) is 6.54 Å². The van der Waals surface area contributed by atoms with Crippen molar-refractivity contribution in [1.82, 2.24) is 10.2 Å². The summed E-state index contributed by atoms with van der Waals surface area (Å²) >= 11 is 0. The quantitative estimate of drug-likeness (QED) is 0.420. The molecule has 0 amide bonds. The van der Waals surface area contributed by atoms with Crippen molar-refractivity contribution in [3.05, 3.63) is 0 Å². The van der Waals surface area contributed by atoms with Gasteiger partial charge in [-0.1, -0.05) is 19.8 Å². The van der Waals surface area contributed by atoms with E-state index in [-0.39, 0.29) is 0 Å². The van der Waals surface area contributed by atoms with Crippen molar-refractivity contribution in [3.8, 4) is 12.3 Å². The Balaban J connectivity index is 2.62. The molecule has 1 fully saturated rings. The number of hydrogen-bond donors (Lipinski definition) is 1. The number of terminal acetylenes is 1. The molecule has 1 rings (SSSR count). The Morgan fingerprint density at radius 3 is 2.80 bits per heavy atom. The van der Waals surface area contributed by atoms with Gasteiger partial charge in [0.15, 0.2) is 5.96 Å². The van der Waals surface area contributed by atoms with Crippen LogP contribution in [-0.4, -0.2) is 37.0 Å². The second kappa shape index (κ2) is 5.06. The summed E-state index contributed by atoms with van der Waals surface area (Å²) in [4.78, 5) is 6.67. The molecule has 0 aliphatic carbocycles. The topological polar surface area (TPSA) is 27.6 Å². The number of nitrogens with one attached hydrogen (secondary N) is 1. The Morgan fingerprint density at radius 1 is 1.60 bits per heavy atom. The minimum absolute atomic E-state index is 0.395.